The predicted octanol–water partition coefficient (Wildman–Crippen LogP) is -0.876. The molecule has 4 aliphatic rings. The lowest BCUT2D eigenvalue weighted by Crippen LogP contribution is -2.47. The number of rotatable bonds is 3. The van der Waals surface area contributed by atoms with Crippen molar-refractivity contribution >= 4 is 5.91 Å². The Morgan fingerprint density at radius 3 is 3.35 bits per heavy atom. The van der Waals surface area contributed by atoms with Gasteiger partial charge in [0.05, 0.1) is 18.8 Å². The van der Waals surface area contributed by atoms with Gasteiger partial charge in [-0.3, -0.25) is 4.79 Å². The minimum atomic E-state index is -0.0371. The van der Waals surface area contributed by atoms with Gasteiger partial charge in [0.2, 0.25) is 0 Å². The normalized spacial score (nSPS) is 35.2. The van der Waals surface area contributed by atoms with Gasteiger partial charge in [0, 0.05) is 31.1 Å². The van der Waals surface area contributed by atoms with E-state index in [-0.39, 0.29) is 12.0 Å². The smallest absolute Gasteiger partial charge is 0.269 e. The van der Waals surface area contributed by atoms with E-state index in [1.165, 1.54) is 12.0 Å². The summed E-state index contributed by atoms with van der Waals surface area (Å²) >= 11 is 0. The van der Waals surface area contributed by atoms with Crippen molar-refractivity contribution in [1.29, 1.82) is 0 Å². The third-order valence-corrected chi connectivity index (χ3v) is 4.55. The highest BCUT2D eigenvalue weighted by Crippen LogP contribution is 2.50. The van der Waals surface area contributed by atoms with Gasteiger partial charge >= 0.3 is 0 Å². The summed E-state index contributed by atoms with van der Waals surface area (Å²) in [7, 11) is 2.08. The molecule has 2 aliphatic heterocycles. The van der Waals surface area contributed by atoms with Gasteiger partial charge in [0.25, 0.3) is 5.91 Å². The van der Waals surface area contributed by atoms with Gasteiger partial charge in [0.15, 0.2) is 0 Å². The van der Waals surface area contributed by atoms with Gasteiger partial charge in [-0.25, -0.2) is 5.43 Å². The minimum Gasteiger partial charge on any atom is -0.374 e. The van der Waals surface area contributed by atoms with Crippen molar-refractivity contribution in [2.75, 3.05) is 33.3 Å². The van der Waals surface area contributed by atoms with Gasteiger partial charge in [-0.1, -0.05) is 11.6 Å². The summed E-state index contributed by atoms with van der Waals surface area (Å²) in [5.74, 6) is 0.586. The molecular formula is C14H20N4O2. The lowest BCUT2D eigenvalue weighted by Gasteiger charge is -2.30. The maximum absolute atomic E-state index is 12.3. The van der Waals surface area contributed by atoms with E-state index in [1.54, 1.807) is 0 Å². The highest BCUT2D eigenvalue weighted by atomic mass is 16.5. The molecule has 2 heterocycles. The Hall–Kier alpha value is -1.37. The van der Waals surface area contributed by atoms with Gasteiger partial charge in [-0.15, -0.1) is 0 Å². The lowest BCUT2D eigenvalue weighted by molar-refractivity contribution is -0.119. The van der Waals surface area contributed by atoms with Crippen LogP contribution in [0.25, 0.3) is 0 Å². The first-order valence-electron chi connectivity index (χ1n) is 7.27. The second kappa shape index (κ2) is 4.58. The van der Waals surface area contributed by atoms with Crippen LogP contribution in [-0.2, 0) is 9.53 Å². The van der Waals surface area contributed by atoms with Gasteiger partial charge in [-0.2, -0.15) is 0 Å². The molecule has 0 aromatic heterocycles. The molecule has 0 radical (unpaired) electrons. The molecule has 3 unspecified atom stereocenters. The van der Waals surface area contributed by atoms with Crippen LogP contribution < -0.4 is 16.2 Å². The van der Waals surface area contributed by atoms with Crippen LogP contribution in [0, 0.1) is 5.92 Å². The van der Waals surface area contributed by atoms with Crippen LogP contribution in [-0.4, -0.2) is 56.2 Å². The number of carbonyl (C=O) groups excluding carboxylic acids is 1. The summed E-state index contributed by atoms with van der Waals surface area (Å²) < 4.78 is 5.65. The Balaban J connectivity index is 1.37. The zero-order chi connectivity index (χ0) is 13.7. The largest absolute Gasteiger partial charge is 0.374 e. The second-order valence-electron chi connectivity index (χ2n) is 6.07. The third-order valence-electron chi connectivity index (χ3n) is 4.55. The minimum absolute atomic E-state index is 0.0371. The lowest BCUT2D eigenvalue weighted by atomic mass is 10.1. The number of hydrogen-bond acceptors (Lipinski definition) is 5. The fourth-order valence-corrected chi connectivity index (χ4v) is 3.30. The van der Waals surface area contributed by atoms with Crippen molar-refractivity contribution in [2.45, 2.75) is 18.6 Å². The van der Waals surface area contributed by atoms with Crippen LogP contribution in [0.2, 0.25) is 0 Å². The summed E-state index contributed by atoms with van der Waals surface area (Å²) in [6, 6.07) is 0.308. The summed E-state index contributed by atoms with van der Waals surface area (Å²) in [4.78, 5) is 14.5. The van der Waals surface area contributed by atoms with E-state index in [0.29, 0.717) is 24.2 Å². The number of fused-ring (bicyclic) bond motifs is 3. The average Bonchev–Trinajstić information content (AvgIpc) is 2.92. The van der Waals surface area contributed by atoms with Crippen LogP contribution >= 0.6 is 0 Å². The maximum atomic E-state index is 12.3. The van der Waals surface area contributed by atoms with Gasteiger partial charge < -0.3 is 20.4 Å². The number of nitrogens with one attached hydrogen (secondary N) is 3. The first-order valence-corrected chi connectivity index (χ1v) is 7.27. The van der Waals surface area contributed by atoms with Crippen molar-refractivity contribution in [2.24, 2.45) is 5.92 Å². The molecule has 20 heavy (non-hydrogen) atoms. The molecule has 6 heteroatoms. The molecule has 108 valence electrons. The summed E-state index contributed by atoms with van der Waals surface area (Å²) in [5.41, 5.74) is 9.52. The summed E-state index contributed by atoms with van der Waals surface area (Å²) in [6.45, 7) is 3.13. The van der Waals surface area contributed by atoms with E-state index in [2.05, 4.69) is 34.2 Å². The monoisotopic (exact) mass is 276 g/mol. The van der Waals surface area contributed by atoms with Crippen molar-refractivity contribution in [3.63, 3.8) is 0 Å². The van der Waals surface area contributed by atoms with Crippen LogP contribution in [0.3, 0.4) is 0 Å². The molecule has 0 aromatic carbocycles. The Kier molecular flexibility index (Phi) is 2.83. The molecule has 2 fully saturated rings. The third kappa shape index (κ3) is 2.04. The number of hydrogen-bond donors (Lipinski definition) is 3. The van der Waals surface area contributed by atoms with Crippen molar-refractivity contribution in [3.05, 3.63) is 22.9 Å². The van der Waals surface area contributed by atoms with Crippen LogP contribution in [0.1, 0.15) is 6.42 Å². The fourth-order valence-electron chi connectivity index (χ4n) is 3.30. The average molecular weight is 276 g/mol. The quantitative estimate of drug-likeness (QED) is 0.625. The first-order chi connectivity index (χ1) is 9.72. The zero-order valence-electron chi connectivity index (χ0n) is 11.6. The summed E-state index contributed by atoms with van der Waals surface area (Å²) in [5, 5.41) is 2.98. The van der Waals surface area contributed by atoms with Gasteiger partial charge in [0.1, 0.15) is 5.70 Å². The molecule has 6 nitrogen and oxygen atoms in total. The van der Waals surface area contributed by atoms with Crippen LogP contribution in [0.5, 0.6) is 0 Å². The number of hydrazine groups is 1. The molecule has 1 saturated carbocycles. The Labute approximate surface area is 118 Å². The Bertz CT molecular complexity index is 513. The second-order valence-corrected chi connectivity index (χ2v) is 6.07. The van der Waals surface area contributed by atoms with Gasteiger partial charge in [-0.05, 0) is 13.5 Å². The van der Waals surface area contributed by atoms with E-state index < -0.39 is 0 Å². The number of amides is 1. The number of likely N-dealkylation sites (N-methyl/N-ethyl adjacent to an activating group) is 1. The number of carbonyl (C=O) groups is 1. The molecular weight excluding hydrogens is 256 g/mol. The molecule has 1 saturated heterocycles. The molecule has 2 aliphatic carbocycles. The number of nitrogens with zero attached hydrogens (tertiary/aromatic N) is 1. The highest BCUT2D eigenvalue weighted by Gasteiger charge is 2.48. The molecule has 0 spiro atoms. The fraction of sp³-hybridized carbons (Fsp3) is 0.643. The Morgan fingerprint density at radius 1 is 1.60 bits per heavy atom. The van der Waals surface area contributed by atoms with Crippen molar-refractivity contribution in [3.8, 4) is 0 Å². The molecule has 0 bridgehead atoms. The topological polar surface area (TPSA) is 65.6 Å². The van der Waals surface area contributed by atoms with E-state index in [9.17, 15) is 4.79 Å². The van der Waals surface area contributed by atoms with Crippen LogP contribution in [0.15, 0.2) is 22.9 Å². The molecule has 0 aromatic rings. The van der Waals surface area contributed by atoms with Crippen LogP contribution in [0.4, 0.5) is 0 Å². The maximum Gasteiger partial charge on any atom is 0.269 e. The molecule has 3 N–H and O–H groups in total. The van der Waals surface area contributed by atoms with Crippen molar-refractivity contribution in [1.82, 2.24) is 21.1 Å². The van der Waals surface area contributed by atoms with Crippen molar-refractivity contribution < 1.29 is 9.53 Å². The highest BCUT2D eigenvalue weighted by molar-refractivity contribution is 5.95. The van der Waals surface area contributed by atoms with E-state index in [1.807, 2.05) is 0 Å². The Morgan fingerprint density at radius 2 is 2.50 bits per heavy atom. The van der Waals surface area contributed by atoms with E-state index >= 15 is 0 Å². The van der Waals surface area contributed by atoms with E-state index in [4.69, 9.17) is 4.74 Å². The predicted molar refractivity (Wildman–Crippen MR) is 73.5 cm³/mol. The number of morpholine rings is 1. The first kappa shape index (κ1) is 12.4. The standard InChI is InChI=1S/C14H20N4O2/c1-18-2-3-20-9(7-18)6-15-14(19)13-11-5-8-4-10(8)12(11)16-17-13/h5,9-10,12,16-17H,2-4,6-7H2,1H3,(H,15,19). The summed E-state index contributed by atoms with van der Waals surface area (Å²) in [6.07, 6.45) is 3.44. The molecule has 3 atom stereocenters. The molecule has 4 rings (SSSR count). The number of ether oxygens (including phenoxy) is 1. The van der Waals surface area contributed by atoms with E-state index in [0.717, 1.165) is 25.3 Å². The zero-order valence-corrected chi connectivity index (χ0v) is 11.6. The molecule has 1 amide bonds. The SMILES string of the molecule is CN1CCOC(CNC(=O)C2=C3C=C4CC4C3NN2)C1.